The molecule has 2 rings (SSSR count). The zero-order chi connectivity index (χ0) is 16.8. The number of likely N-dealkylation sites (tertiary alicyclic amines) is 1. The summed E-state index contributed by atoms with van der Waals surface area (Å²) in [5.74, 6) is 0.725. The van der Waals surface area contributed by atoms with Gasteiger partial charge in [-0.15, -0.1) is 0 Å². The molecule has 1 saturated heterocycles. The van der Waals surface area contributed by atoms with Crippen LogP contribution < -0.4 is 11.1 Å². The summed E-state index contributed by atoms with van der Waals surface area (Å²) in [6.07, 6.45) is 3.04. The Kier molecular flexibility index (Phi) is 6.04. The Bertz CT molecular complexity index is 576. The number of piperidine rings is 1. The quantitative estimate of drug-likeness (QED) is 0.776. The zero-order valence-corrected chi connectivity index (χ0v) is 13.8. The molecule has 126 valence electrons. The summed E-state index contributed by atoms with van der Waals surface area (Å²) in [5, 5.41) is 2.62. The normalized spacial score (nSPS) is 18.6. The fraction of sp³-hybridized carbons (Fsp3) is 0.625. The lowest BCUT2D eigenvalue weighted by atomic mass is 9.96. The summed E-state index contributed by atoms with van der Waals surface area (Å²) in [7, 11) is 1.63. The number of nitrogens with zero attached hydrogens (tertiary/aromatic N) is 3. The molecule has 3 N–H and O–H groups in total. The summed E-state index contributed by atoms with van der Waals surface area (Å²) in [5.41, 5.74) is 7.09. The van der Waals surface area contributed by atoms with Gasteiger partial charge < -0.3 is 11.1 Å². The van der Waals surface area contributed by atoms with E-state index in [0.717, 1.165) is 43.1 Å². The van der Waals surface area contributed by atoms with Crippen molar-refractivity contribution >= 4 is 11.8 Å². The van der Waals surface area contributed by atoms with Crippen LogP contribution in [0.15, 0.2) is 6.07 Å². The van der Waals surface area contributed by atoms with Crippen LogP contribution in [0.5, 0.6) is 0 Å². The van der Waals surface area contributed by atoms with E-state index < -0.39 is 0 Å². The van der Waals surface area contributed by atoms with Crippen molar-refractivity contribution in [2.45, 2.75) is 38.5 Å². The molecule has 1 fully saturated rings. The lowest BCUT2D eigenvalue weighted by Crippen LogP contribution is -2.40. The highest BCUT2D eigenvalue weighted by molar-refractivity contribution is 5.76. The molecule has 7 nitrogen and oxygen atoms in total. The Morgan fingerprint density at radius 1 is 1.43 bits per heavy atom. The van der Waals surface area contributed by atoms with Crippen LogP contribution in [0.4, 0.5) is 0 Å². The van der Waals surface area contributed by atoms with Crippen LogP contribution in [0, 0.1) is 6.92 Å². The van der Waals surface area contributed by atoms with Crippen molar-refractivity contribution in [3.05, 3.63) is 23.3 Å². The van der Waals surface area contributed by atoms with Crippen molar-refractivity contribution in [3.63, 3.8) is 0 Å². The number of aromatic nitrogens is 2. The average Bonchev–Trinajstić information content (AvgIpc) is 2.51. The lowest BCUT2D eigenvalue weighted by Gasteiger charge is -2.31. The minimum absolute atomic E-state index is 0.00751. The highest BCUT2D eigenvalue weighted by Crippen LogP contribution is 2.24. The number of nitrogens with two attached hydrogens (primary N) is 1. The number of aryl methyl sites for hydroxylation is 2. The third-order valence-electron chi connectivity index (χ3n) is 4.06. The van der Waals surface area contributed by atoms with E-state index in [4.69, 9.17) is 5.73 Å². The van der Waals surface area contributed by atoms with Gasteiger partial charge in [0, 0.05) is 37.3 Å². The van der Waals surface area contributed by atoms with Crippen LogP contribution in [0.2, 0.25) is 0 Å². The van der Waals surface area contributed by atoms with Gasteiger partial charge >= 0.3 is 0 Å². The fourth-order valence-electron chi connectivity index (χ4n) is 2.97. The number of hydrogen-bond acceptors (Lipinski definition) is 5. The van der Waals surface area contributed by atoms with E-state index >= 15 is 0 Å². The highest BCUT2D eigenvalue weighted by Gasteiger charge is 2.24. The molecule has 0 aliphatic carbocycles. The molecule has 0 radical (unpaired) electrons. The molecule has 0 spiro atoms. The van der Waals surface area contributed by atoms with Crippen LogP contribution in [0.3, 0.4) is 0 Å². The molecule has 0 unspecified atom stereocenters. The number of carbonyl (C=O) groups excluding carboxylic acids is 2. The average molecular weight is 319 g/mol. The van der Waals surface area contributed by atoms with Gasteiger partial charge in [-0.2, -0.15) is 0 Å². The van der Waals surface area contributed by atoms with E-state index in [1.165, 1.54) is 0 Å². The van der Waals surface area contributed by atoms with Crippen molar-refractivity contribution in [2.75, 3.05) is 26.7 Å². The molecule has 1 aliphatic rings. The van der Waals surface area contributed by atoms with Gasteiger partial charge in [0.05, 0.1) is 6.54 Å². The summed E-state index contributed by atoms with van der Waals surface area (Å²) < 4.78 is 0. The van der Waals surface area contributed by atoms with Crippen molar-refractivity contribution in [1.82, 2.24) is 20.2 Å². The number of carbonyl (C=O) groups is 2. The molecule has 2 heterocycles. The van der Waals surface area contributed by atoms with Crippen LogP contribution in [-0.2, 0) is 16.0 Å². The largest absolute Gasteiger partial charge is 0.369 e. The fourth-order valence-corrected chi connectivity index (χ4v) is 2.97. The standard InChI is InChI=1S/C16H25N5O2/c1-11-8-13(5-6-15(23)18-2)20-16(19-11)12-4-3-7-21(9-12)10-14(17)22/h8,12H,3-7,9-10H2,1-2H3,(H2,17,22)(H,18,23)/t12-/m1/s1. The Labute approximate surface area is 136 Å². The molecule has 23 heavy (non-hydrogen) atoms. The van der Waals surface area contributed by atoms with Gasteiger partial charge in [0.2, 0.25) is 11.8 Å². The minimum atomic E-state index is -0.304. The number of rotatable bonds is 6. The van der Waals surface area contributed by atoms with E-state index in [1.807, 2.05) is 13.0 Å². The molecular weight excluding hydrogens is 294 g/mol. The smallest absolute Gasteiger partial charge is 0.231 e. The molecule has 0 aromatic carbocycles. The Balaban J connectivity index is 2.07. The van der Waals surface area contributed by atoms with Crippen LogP contribution in [0.25, 0.3) is 0 Å². The zero-order valence-electron chi connectivity index (χ0n) is 13.8. The van der Waals surface area contributed by atoms with Gasteiger partial charge in [-0.05, 0) is 38.8 Å². The predicted octanol–water partition coefficient (Wildman–Crippen LogP) is 0.128. The third kappa shape index (κ3) is 5.28. The highest BCUT2D eigenvalue weighted by atomic mass is 16.1. The van der Waals surface area contributed by atoms with Gasteiger partial charge in [0.1, 0.15) is 5.82 Å². The number of amides is 2. The van der Waals surface area contributed by atoms with E-state index in [2.05, 4.69) is 20.2 Å². The first-order chi connectivity index (χ1) is 11.0. The summed E-state index contributed by atoms with van der Waals surface area (Å²) >= 11 is 0. The van der Waals surface area contributed by atoms with E-state index in [-0.39, 0.29) is 24.3 Å². The first-order valence-corrected chi connectivity index (χ1v) is 8.03. The van der Waals surface area contributed by atoms with Gasteiger partial charge in [-0.3, -0.25) is 14.5 Å². The summed E-state index contributed by atoms with van der Waals surface area (Å²) in [6.45, 7) is 3.86. The van der Waals surface area contributed by atoms with Crippen LogP contribution in [0.1, 0.15) is 42.4 Å². The predicted molar refractivity (Wildman–Crippen MR) is 86.8 cm³/mol. The Morgan fingerprint density at radius 2 is 2.22 bits per heavy atom. The maximum atomic E-state index is 11.4. The summed E-state index contributed by atoms with van der Waals surface area (Å²) in [6, 6.07) is 1.93. The maximum Gasteiger partial charge on any atom is 0.231 e. The summed E-state index contributed by atoms with van der Waals surface area (Å²) in [4.78, 5) is 33.8. The maximum absolute atomic E-state index is 11.4. The molecule has 7 heteroatoms. The third-order valence-corrected chi connectivity index (χ3v) is 4.06. The Hall–Kier alpha value is -2.02. The van der Waals surface area contributed by atoms with E-state index in [9.17, 15) is 9.59 Å². The van der Waals surface area contributed by atoms with E-state index in [1.54, 1.807) is 7.05 Å². The van der Waals surface area contributed by atoms with Crippen molar-refractivity contribution in [3.8, 4) is 0 Å². The van der Waals surface area contributed by atoms with Crippen molar-refractivity contribution < 1.29 is 9.59 Å². The molecule has 1 aliphatic heterocycles. The topological polar surface area (TPSA) is 101 Å². The first-order valence-electron chi connectivity index (χ1n) is 8.03. The molecule has 1 aromatic heterocycles. The number of nitrogens with one attached hydrogen (secondary N) is 1. The van der Waals surface area contributed by atoms with Crippen molar-refractivity contribution in [2.24, 2.45) is 5.73 Å². The molecular formula is C16H25N5O2. The monoisotopic (exact) mass is 319 g/mol. The molecule has 2 amide bonds. The molecule has 1 atom stereocenters. The second kappa shape index (κ2) is 8.01. The second-order valence-electron chi connectivity index (χ2n) is 6.07. The van der Waals surface area contributed by atoms with Gasteiger partial charge in [0.25, 0.3) is 0 Å². The second-order valence-corrected chi connectivity index (χ2v) is 6.07. The SMILES string of the molecule is CNC(=O)CCc1cc(C)nc([C@@H]2CCCN(CC(N)=O)C2)n1. The minimum Gasteiger partial charge on any atom is -0.369 e. The number of primary amides is 1. The Morgan fingerprint density at radius 3 is 2.91 bits per heavy atom. The lowest BCUT2D eigenvalue weighted by molar-refractivity contribution is -0.121. The molecule has 0 bridgehead atoms. The first kappa shape index (κ1) is 17.3. The van der Waals surface area contributed by atoms with Gasteiger partial charge in [-0.1, -0.05) is 0 Å². The van der Waals surface area contributed by atoms with Gasteiger partial charge in [-0.25, -0.2) is 9.97 Å². The molecule has 1 aromatic rings. The van der Waals surface area contributed by atoms with Gasteiger partial charge in [0.15, 0.2) is 0 Å². The van der Waals surface area contributed by atoms with Crippen LogP contribution >= 0.6 is 0 Å². The number of hydrogen-bond donors (Lipinski definition) is 2. The van der Waals surface area contributed by atoms with Crippen molar-refractivity contribution in [1.29, 1.82) is 0 Å². The molecule has 0 saturated carbocycles. The van der Waals surface area contributed by atoms with Crippen LogP contribution in [-0.4, -0.2) is 53.4 Å². The van der Waals surface area contributed by atoms with E-state index in [0.29, 0.717) is 12.8 Å².